The summed E-state index contributed by atoms with van der Waals surface area (Å²) < 4.78 is 0. The summed E-state index contributed by atoms with van der Waals surface area (Å²) in [6.45, 7) is 7.52. The van der Waals surface area contributed by atoms with Gasteiger partial charge in [0.25, 0.3) is 0 Å². The van der Waals surface area contributed by atoms with Crippen LogP contribution in [0.4, 0.5) is 0 Å². The van der Waals surface area contributed by atoms with Gasteiger partial charge in [0, 0.05) is 5.69 Å². The highest BCUT2D eigenvalue weighted by Gasteiger charge is 2.02. The molecule has 0 bridgehead atoms. The second-order valence-electron chi connectivity index (χ2n) is 2.25. The number of hydrogen-bond donors (Lipinski definition) is 1. The molecule has 54 valence electrons. The van der Waals surface area contributed by atoms with Gasteiger partial charge in [0.2, 0.25) is 0 Å². The van der Waals surface area contributed by atoms with Crippen LogP contribution in [-0.2, 0) is 0 Å². The maximum atomic E-state index is 10.7. The molecule has 10 heavy (non-hydrogen) atoms. The summed E-state index contributed by atoms with van der Waals surface area (Å²) in [5.74, 6) is 0. The van der Waals surface area contributed by atoms with Gasteiger partial charge in [-0.15, -0.1) is 0 Å². The fourth-order valence-corrected chi connectivity index (χ4v) is 1.58. The molecule has 3 heteroatoms. The zero-order chi connectivity index (χ0) is 7.72. The SMILES string of the molecule is C=C(C)c1sc(=O)[nH]c1C. The summed E-state index contributed by atoms with van der Waals surface area (Å²) in [6.07, 6.45) is 0. The van der Waals surface area contributed by atoms with E-state index in [1.54, 1.807) is 0 Å². The van der Waals surface area contributed by atoms with Crippen LogP contribution >= 0.6 is 11.3 Å². The largest absolute Gasteiger partial charge is 0.316 e. The molecule has 0 radical (unpaired) electrons. The predicted molar refractivity (Wildman–Crippen MR) is 44.4 cm³/mol. The Kier molecular flexibility index (Phi) is 1.76. The molecule has 1 aromatic heterocycles. The van der Waals surface area contributed by atoms with Crippen molar-refractivity contribution in [2.75, 3.05) is 0 Å². The van der Waals surface area contributed by atoms with Crippen molar-refractivity contribution in [3.8, 4) is 0 Å². The molecule has 0 spiro atoms. The van der Waals surface area contributed by atoms with Crippen LogP contribution in [0.1, 0.15) is 17.5 Å². The van der Waals surface area contributed by atoms with E-state index in [1.165, 1.54) is 11.3 Å². The van der Waals surface area contributed by atoms with Crippen molar-refractivity contribution in [2.45, 2.75) is 13.8 Å². The molecule has 0 saturated carbocycles. The Hall–Kier alpha value is -0.830. The number of aromatic nitrogens is 1. The molecule has 1 N–H and O–H groups in total. The predicted octanol–water partition coefficient (Wildman–Crippen LogP) is 1.78. The van der Waals surface area contributed by atoms with Gasteiger partial charge in [-0.2, -0.15) is 0 Å². The number of allylic oxidation sites excluding steroid dienone is 1. The highest BCUT2D eigenvalue weighted by molar-refractivity contribution is 7.10. The van der Waals surface area contributed by atoms with Crippen LogP contribution in [0.3, 0.4) is 0 Å². The van der Waals surface area contributed by atoms with E-state index < -0.39 is 0 Å². The third-order valence-electron chi connectivity index (χ3n) is 1.21. The molecule has 0 unspecified atom stereocenters. The van der Waals surface area contributed by atoms with Gasteiger partial charge >= 0.3 is 4.87 Å². The van der Waals surface area contributed by atoms with Gasteiger partial charge < -0.3 is 4.98 Å². The van der Waals surface area contributed by atoms with E-state index in [0.29, 0.717) is 0 Å². The molecule has 0 aromatic carbocycles. The van der Waals surface area contributed by atoms with Gasteiger partial charge in [-0.05, 0) is 19.4 Å². The number of H-pyrrole nitrogens is 1. The minimum absolute atomic E-state index is 0.00417. The quantitative estimate of drug-likeness (QED) is 0.658. The highest BCUT2D eigenvalue weighted by atomic mass is 32.1. The Balaban J connectivity index is 3.28. The van der Waals surface area contributed by atoms with Gasteiger partial charge in [-0.25, -0.2) is 0 Å². The van der Waals surface area contributed by atoms with Crippen molar-refractivity contribution in [2.24, 2.45) is 0 Å². The van der Waals surface area contributed by atoms with Crippen LogP contribution in [0, 0.1) is 6.92 Å². The second-order valence-corrected chi connectivity index (χ2v) is 3.23. The number of rotatable bonds is 1. The molecule has 0 atom stereocenters. The maximum Gasteiger partial charge on any atom is 0.305 e. The second kappa shape index (κ2) is 2.42. The number of aryl methyl sites for hydroxylation is 1. The standard InChI is InChI=1S/C7H9NOS/c1-4(2)6-5(3)8-7(9)10-6/h1H2,2-3H3,(H,8,9). The average molecular weight is 155 g/mol. The van der Waals surface area contributed by atoms with E-state index in [2.05, 4.69) is 11.6 Å². The first-order chi connectivity index (χ1) is 4.61. The molecule has 0 aliphatic heterocycles. The Morgan fingerprint density at radius 2 is 2.30 bits per heavy atom. The summed E-state index contributed by atoms with van der Waals surface area (Å²) in [5, 5.41) is 0. The summed E-state index contributed by atoms with van der Waals surface area (Å²) in [4.78, 5) is 14.4. The van der Waals surface area contributed by atoms with E-state index >= 15 is 0 Å². The van der Waals surface area contributed by atoms with Gasteiger partial charge in [0.05, 0.1) is 4.88 Å². The zero-order valence-electron chi connectivity index (χ0n) is 6.02. The third-order valence-corrected chi connectivity index (χ3v) is 2.36. The maximum absolute atomic E-state index is 10.7. The normalized spacial score (nSPS) is 9.80. The number of aromatic amines is 1. The van der Waals surface area contributed by atoms with Crippen molar-refractivity contribution in [1.82, 2.24) is 4.98 Å². The fraction of sp³-hybridized carbons (Fsp3) is 0.286. The summed E-state index contributed by atoms with van der Waals surface area (Å²) in [5.41, 5.74) is 1.86. The number of nitrogens with one attached hydrogen (secondary N) is 1. The fourth-order valence-electron chi connectivity index (χ4n) is 0.812. The molecule has 0 aliphatic carbocycles. The molecule has 0 amide bonds. The summed E-state index contributed by atoms with van der Waals surface area (Å²) >= 11 is 1.21. The van der Waals surface area contributed by atoms with E-state index in [9.17, 15) is 4.79 Å². The molecule has 2 nitrogen and oxygen atoms in total. The van der Waals surface area contributed by atoms with Gasteiger partial charge in [-0.3, -0.25) is 4.79 Å². The average Bonchev–Trinajstić information content (AvgIpc) is 2.10. The van der Waals surface area contributed by atoms with Gasteiger partial charge in [0.15, 0.2) is 0 Å². The first-order valence-corrected chi connectivity index (χ1v) is 3.78. The van der Waals surface area contributed by atoms with Crippen molar-refractivity contribution in [3.63, 3.8) is 0 Å². The molecule has 0 fully saturated rings. The Morgan fingerprint density at radius 1 is 1.70 bits per heavy atom. The topological polar surface area (TPSA) is 32.9 Å². The van der Waals surface area contributed by atoms with Gasteiger partial charge in [-0.1, -0.05) is 17.9 Å². The lowest BCUT2D eigenvalue weighted by Crippen LogP contribution is -1.91. The summed E-state index contributed by atoms with van der Waals surface area (Å²) in [6, 6.07) is 0. The Labute approximate surface area is 63.2 Å². The Morgan fingerprint density at radius 3 is 2.50 bits per heavy atom. The van der Waals surface area contributed by atoms with Crippen LogP contribution in [0.25, 0.3) is 5.57 Å². The zero-order valence-corrected chi connectivity index (χ0v) is 6.84. The monoisotopic (exact) mass is 155 g/mol. The van der Waals surface area contributed by atoms with Crippen molar-refractivity contribution in [1.29, 1.82) is 0 Å². The minimum Gasteiger partial charge on any atom is -0.316 e. The molecular formula is C7H9NOS. The van der Waals surface area contributed by atoms with Crippen LogP contribution in [0.5, 0.6) is 0 Å². The lowest BCUT2D eigenvalue weighted by Gasteiger charge is -1.91. The smallest absolute Gasteiger partial charge is 0.305 e. The third kappa shape index (κ3) is 1.19. The van der Waals surface area contributed by atoms with Gasteiger partial charge in [0.1, 0.15) is 0 Å². The number of hydrogen-bond acceptors (Lipinski definition) is 2. The number of thiazole rings is 1. The van der Waals surface area contributed by atoms with E-state index in [4.69, 9.17) is 0 Å². The van der Waals surface area contributed by atoms with Crippen LogP contribution in [-0.4, -0.2) is 4.98 Å². The first kappa shape index (κ1) is 7.28. The van der Waals surface area contributed by atoms with Crippen LogP contribution in [0.15, 0.2) is 11.4 Å². The first-order valence-electron chi connectivity index (χ1n) is 2.97. The van der Waals surface area contributed by atoms with E-state index in [0.717, 1.165) is 16.1 Å². The molecule has 1 rings (SSSR count). The molecule has 1 heterocycles. The molecule has 1 aromatic rings. The summed E-state index contributed by atoms with van der Waals surface area (Å²) in [7, 11) is 0. The molecular weight excluding hydrogens is 146 g/mol. The molecule has 0 aliphatic rings. The molecule has 0 saturated heterocycles. The minimum atomic E-state index is -0.00417. The lowest BCUT2D eigenvalue weighted by atomic mass is 10.2. The van der Waals surface area contributed by atoms with Crippen molar-refractivity contribution in [3.05, 3.63) is 26.8 Å². The van der Waals surface area contributed by atoms with Crippen molar-refractivity contribution < 1.29 is 0 Å². The Bertz CT molecular complexity index is 308. The van der Waals surface area contributed by atoms with E-state index in [1.807, 2.05) is 13.8 Å². The highest BCUT2D eigenvalue weighted by Crippen LogP contribution is 2.16. The van der Waals surface area contributed by atoms with Crippen LogP contribution in [0.2, 0.25) is 0 Å². The van der Waals surface area contributed by atoms with E-state index in [-0.39, 0.29) is 4.87 Å². The van der Waals surface area contributed by atoms with Crippen molar-refractivity contribution >= 4 is 16.9 Å². The van der Waals surface area contributed by atoms with Crippen LogP contribution < -0.4 is 4.87 Å². The lowest BCUT2D eigenvalue weighted by molar-refractivity contribution is 1.21.